The predicted octanol–water partition coefficient (Wildman–Crippen LogP) is 0.909. The number of aliphatic hydroxyl groups excluding tert-OH is 2. The fourth-order valence-corrected chi connectivity index (χ4v) is 5.38. The highest BCUT2D eigenvalue weighted by Gasteiger charge is 2.46. The fraction of sp³-hybridized carbons (Fsp3) is 0.737. The highest BCUT2D eigenvalue weighted by atomic mass is 35.5. The standard InChI is InChI=1S/C19H29ClN5O7P/c20-18-23-15(22-17-14(27)13(26)12(32-17)7-31-10-33(28,29)30)11(6-21)16(24-18)25-8-19(9-25)4-2-1-3-5-19/h6,12-14,17,21,26-27H,1-5,7-10H2,(H,22,23,24)(H2,28,29,30)/t12?,13-,14-,17?/m1/s1. The maximum atomic E-state index is 10.9. The molecule has 1 aliphatic carbocycles. The van der Waals surface area contributed by atoms with Crippen molar-refractivity contribution in [3.05, 3.63) is 10.8 Å². The van der Waals surface area contributed by atoms with Crippen molar-refractivity contribution in [2.75, 3.05) is 36.3 Å². The van der Waals surface area contributed by atoms with Crippen molar-refractivity contribution in [3.63, 3.8) is 0 Å². The first-order valence-electron chi connectivity index (χ1n) is 10.8. The van der Waals surface area contributed by atoms with E-state index >= 15 is 0 Å². The van der Waals surface area contributed by atoms with Gasteiger partial charge in [-0.1, -0.05) is 19.3 Å². The van der Waals surface area contributed by atoms with E-state index in [2.05, 4.69) is 20.2 Å². The molecule has 4 rings (SSSR count). The zero-order valence-electron chi connectivity index (χ0n) is 17.9. The molecule has 6 N–H and O–H groups in total. The van der Waals surface area contributed by atoms with Crippen molar-refractivity contribution in [2.24, 2.45) is 5.41 Å². The summed E-state index contributed by atoms with van der Waals surface area (Å²) in [6, 6.07) is 0. The number of hydrogen-bond donors (Lipinski definition) is 6. The third-order valence-corrected chi connectivity index (χ3v) is 7.18. The van der Waals surface area contributed by atoms with E-state index in [1.54, 1.807) is 0 Å². The van der Waals surface area contributed by atoms with Gasteiger partial charge in [-0.15, -0.1) is 0 Å². The summed E-state index contributed by atoms with van der Waals surface area (Å²) >= 11 is 6.16. The molecule has 1 saturated carbocycles. The SMILES string of the molecule is N=Cc1c(NC2OC(COCP(=O)(O)O)[C@@H](O)[C@H]2O)nc(Cl)nc1N1CC2(CCCCC2)C1. The molecule has 1 aromatic rings. The molecule has 184 valence electrons. The highest BCUT2D eigenvalue weighted by Crippen LogP contribution is 2.46. The van der Waals surface area contributed by atoms with Crippen LogP contribution in [-0.4, -0.2) is 86.8 Å². The molecule has 4 atom stereocenters. The number of ether oxygens (including phenoxy) is 2. The van der Waals surface area contributed by atoms with Gasteiger partial charge >= 0.3 is 7.60 Å². The Hall–Kier alpha value is -1.37. The summed E-state index contributed by atoms with van der Waals surface area (Å²) in [5, 5.41) is 31.4. The van der Waals surface area contributed by atoms with E-state index < -0.39 is 38.5 Å². The molecule has 2 saturated heterocycles. The lowest BCUT2D eigenvalue weighted by molar-refractivity contribution is -0.0329. The number of anilines is 2. The van der Waals surface area contributed by atoms with Crippen LogP contribution in [0.2, 0.25) is 5.28 Å². The van der Waals surface area contributed by atoms with Gasteiger partial charge in [0.1, 0.15) is 36.3 Å². The van der Waals surface area contributed by atoms with Crippen LogP contribution >= 0.6 is 19.2 Å². The molecule has 2 unspecified atom stereocenters. The third kappa shape index (κ3) is 5.49. The maximum Gasteiger partial charge on any atom is 0.350 e. The van der Waals surface area contributed by atoms with Crippen LogP contribution in [0.3, 0.4) is 0 Å². The first-order valence-corrected chi connectivity index (χ1v) is 13.0. The van der Waals surface area contributed by atoms with Gasteiger partial charge in [0.25, 0.3) is 0 Å². The van der Waals surface area contributed by atoms with Gasteiger partial charge in [0, 0.05) is 24.7 Å². The van der Waals surface area contributed by atoms with Crippen LogP contribution < -0.4 is 10.2 Å². The van der Waals surface area contributed by atoms with E-state index in [0.717, 1.165) is 19.3 Å². The average Bonchev–Trinajstić information content (AvgIpc) is 2.99. The number of halogens is 1. The quantitative estimate of drug-likeness (QED) is 0.168. The molecule has 2 aliphatic heterocycles. The Morgan fingerprint density at radius 3 is 2.58 bits per heavy atom. The average molecular weight is 506 g/mol. The maximum absolute atomic E-state index is 10.9. The molecule has 3 fully saturated rings. The number of nitrogens with one attached hydrogen (secondary N) is 2. The summed E-state index contributed by atoms with van der Waals surface area (Å²) in [6.45, 7) is 1.34. The molecule has 3 aliphatic rings. The lowest BCUT2D eigenvalue weighted by atomic mass is 9.68. The Morgan fingerprint density at radius 2 is 1.94 bits per heavy atom. The largest absolute Gasteiger partial charge is 0.387 e. The fourth-order valence-electron chi connectivity index (χ4n) is 4.87. The summed E-state index contributed by atoms with van der Waals surface area (Å²) < 4.78 is 21.4. The molecular weight excluding hydrogens is 477 g/mol. The van der Waals surface area contributed by atoms with Crippen LogP contribution in [0.5, 0.6) is 0 Å². The zero-order chi connectivity index (χ0) is 23.8. The minimum atomic E-state index is -4.37. The van der Waals surface area contributed by atoms with E-state index in [1.807, 2.05) is 0 Å². The van der Waals surface area contributed by atoms with Gasteiger partial charge in [-0.25, -0.2) is 0 Å². The Labute approximate surface area is 195 Å². The number of aromatic nitrogens is 2. The monoisotopic (exact) mass is 505 g/mol. The van der Waals surface area contributed by atoms with Crippen LogP contribution in [-0.2, 0) is 14.0 Å². The normalized spacial score (nSPS) is 29.2. The molecule has 1 aromatic heterocycles. The summed E-state index contributed by atoms with van der Waals surface area (Å²) in [7, 11) is -4.37. The summed E-state index contributed by atoms with van der Waals surface area (Å²) in [6.07, 6.45) is 1.49. The van der Waals surface area contributed by atoms with Gasteiger partial charge in [-0.05, 0) is 24.4 Å². The molecular formula is C19H29ClN5O7P. The highest BCUT2D eigenvalue weighted by molar-refractivity contribution is 7.51. The Balaban J connectivity index is 1.45. The topological polar surface area (TPSA) is 181 Å². The van der Waals surface area contributed by atoms with Gasteiger partial charge in [-0.2, -0.15) is 9.97 Å². The number of hydrogen-bond acceptors (Lipinski definition) is 10. The van der Waals surface area contributed by atoms with Crippen molar-refractivity contribution in [2.45, 2.75) is 56.6 Å². The smallest absolute Gasteiger partial charge is 0.350 e. The van der Waals surface area contributed by atoms with Gasteiger partial charge in [0.05, 0.1) is 12.2 Å². The van der Waals surface area contributed by atoms with E-state index in [-0.39, 0.29) is 23.1 Å². The van der Waals surface area contributed by atoms with Gasteiger partial charge < -0.3 is 45.1 Å². The molecule has 0 radical (unpaired) electrons. The Kier molecular flexibility index (Phi) is 7.28. The minimum absolute atomic E-state index is 0.0303. The Morgan fingerprint density at radius 1 is 1.24 bits per heavy atom. The van der Waals surface area contributed by atoms with Crippen LogP contribution in [0.1, 0.15) is 37.7 Å². The summed E-state index contributed by atoms with van der Waals surface area (Å²) in [5.74, 6) is 0.705. The molecule has 33 heavy (non-hydrogen) atoms. The van der Waals surface area contributed by atoms with E-state index in [4.69, 9.17) is 36.3 Å². The zero-order valence-corrected chi connectivity index (χ0v) is 19.6. The Bertz CT molecular complexity index is 920. The second kappa shape index (κ2) is 9.71. The van der Waals surface area contributed by atoms with E-state index in [0.29, 0.717) is 11.4 Å². The second-order valence-corrected chi connectivity index (χ2v) is 11.0. The first-order chi connectivity index (χ1) is 15.6. The van der Waals surface area contributed by atoms with Gasteiger partial charge in [0.2, 0.25) is 5.28 Å². The third-order valence-electron chi connectivity index (χ3n) is 6.49. The van der Waals surface area contributed by atoms with Crippen LogP contribution in [0.25, 0.3) is 0 Å². The van der Waals surface area contributed by atoms with Crippen molar-refractivity contribution in [1.82, 2.24) is 9.97 Å². The van der Waals surface area contributed by atoms with Crippen molar-refractivity contribution in [3.8, 4) is 0 Å². The minimum Gasteiger partial charge on any atom is -0.387 e. The molecule has 3 heterocycles. The van der Waals surface area contributed by atoms with Crippen molar-refractivity contribution in [1.29, 1.82) is 5.41 Å². The van der Waals surface area contributed by atoms with Gasteiger partial charge in [0.15, 0.2) is 6.23 Å². The van der Waals surface area contributed by atoms with Crippen molar-refractivity contribution < 1.29 is 34.0 Å². The van der Waals surface area contributed by atoms with Crippen molar-refractivity contribution >= 4 is 37.0 Å². The molecule has 12 nitrogen and oxygen atoms in total. The van der Waals surface area contributed by atoms with E-state index in [9.17, 15) is 14.8 Å². The second-order valence-electron chi connectivity index (χ2n) is 9.02. The van der Waals surface area contributed by atoms with E-state index in [1.165, 1.54) is 32.1 Å². The lowest BCUT2D eigenvalue weighted by Crippen LogP contribution is -2.57. The van der Waals surface area contributed by atoms with Crippen LogP contribution in [0, 0.1) is 10.8 Å². The summed E-state index contributed by atoms with van der Waals surface area (Å²) in [5.41, 5.74) is 0.675. The number of rotatable bonds is 8. The molecule has 14 heteroatoms. The number of nitrogens with zero attached hydrogens (tertiary/aromatic N) is 3. The molecule has 0 aromatic carbocycles. The van der Waals surface area contributed by atoms with Crippen LogP contribution in [0.4, 0.5) is 11.6 Å². The van der Waals surface area contributed by atoms with Crippen LogP contribution in [0.15, 0.2) is 0 Å². The first kappa shape index (κ1) is 24.7. The molecule has 1 spiro atoms. The predicted molar refractivity (Wildman–Crippen MR) is 120 cm³/mol. The molecule has 0 amide bonds. The summed E-state index contributed by atoms with van der Waals surface area (Å²) in [4.78, 5) is 28.3. The number of aliphatic hydroxyl groups is 2. The lowest BCUT2D eigenvalue weighted by Gasteiger charge is -2.53. The van der Waals surface area contributed by atoms with Gasteiger partial charge in [-0.3, -0.25) is 4.57 Å². The molecule has 0 bridgehead atoms.